The molecule has 3 aromatic heterocycles. The van der Waals surface area contributed by atoms with E-state index in [0.29, 0.717) is 6.54 Å². The molecule has 0 saturated heterocycles. The van der Waals surface area contributed by atoms with E-state index in [9.17, 15) is 4.39 Å². The van der Waals surface area contributed by atoms with Crippen LogP contribution in [0.4, 0.5) is 4.39 Å². The van der Waals surface area contributed by atoms with Crippen LogP contribution < -0.4 is 0 Å². The van der Waals surface area contributed by atoms with Crippen LogP contribution in [0.15, 0.2) is 61.2 Å². The van der Waals surface area contributed by atoms with Gasteiger partial charge in [-0.2, -0.15) is 5.10 Å². The average molecular weight is 293 g/mol. The summed E-state index contributed by atoms with van der Waals surface area (Å²) in [5.41, 5.74) is 2.68. The molecule has 0 saturated carbocycles. The van der Waals surface area contributed by atoms with Gasteiger partial charge < -0.3 is 4.57 Å². The molecule has 0 aliphatic heterocycles. The number of hydrogen-bond donors (Lipinski definition) is 0. The first-order valence-electron chi connectivity index (χ1n) is 6.86. The molecular weight excluding hydrogens is 281 g/mol. The second-order valence-electron chi connectivity index (χ2n) is 4.93. The topological polar surface area (TPSA) is 48.0 Å². The van der Waals surface area contributed by atoms with Gasteiger partial charge in [-0.1, -0.05) is 6.07 Å². The Labute approximate surface area is 125 Å². The first kappa shape index (κ1) is 12.7. The number of pyridine rings is 1. The number of benzene rings is 1. The molecule has 0 aliphatic rings. The number of rotatable bonds is 3. The normalized spacial score (nSPS) is 11.1. The monoisotopic (exact) mass is 293 g/mol. The Balaban J connectivity index is 1.74. The lowest BCUT2D eigenvalue weighted by atomic mass is 10.2. The SMILES string of the molecule is Fc1ccc(-c2nccn2Cc2cccc3ncnn23)cc1. The number of nitrogens with zero attached hydrogens (tertiary/aromatic N) is 5. The fraction of sp³-hybridized carbons (Fsp3) is 0.0625. The van der Waals surface area contributed by atoms with Crippen LogP contribution in [0.1, 0.15) is 5.69 Å². The number of halogens is 1. The first-order valence-corrected chi connectivity index (χ1v) is 6.86. The fourth-order valence-electron chi connectivity index (χ4n) is 2.49. The van der Waals surface area contributed by atoms with E-state index < -0.39 is 0 Å². The Morgan fingerprint density at radius 2 is 1.86 bits per heavy atom. The van der Waals surface area contributed by atoms with Gasteiger partial charge in [0.2, 0.25) is 0 Å². The van der Waals surface area contributed by atoms with Crippen LogP contribution in [0.3, 0.4) is 0 Å². The molecule has 0 N–H and O–H groups in total. The molecule has 6 heteroatoms. The molecule has 0 spiro atoms. The Morgan fingerprint density at radius 1 is 1.00 bits per heavy atom. The molecule has 0 aliphatic carbocycles. The smallest absolute Gasteiger partial charge is 0.155 e. The summed E-state index contributed by atoms with van der Waals surface area (Å²) in [6, 6.07) is 12.2. The molecular formula is C16H12FN5. The van der Waals surface area contributed by atoms with Gasteiger partial charge in [0.15, 0.2) is 5.65 Å². The molecule has 22 heavy (non-hydrogen) atoms. The molecule has 3 heterocycles. The van der Waals surface area contributed by atoms with Crippen LogP contribution in [0.2, 0.25) is 0 Å². The zero-order chi connectivity index (χ0) is 14.9. The van der Waals surface area contributed by atoms with Crippen molar-refractivity contribution < 1.29 is 4.39 Å². The van der Waals surface area contributed by atoms with Gasteiger partial charge in [-0.25, -0.2) is 18.9 Å². The molecule has 0 fully saturated rings. The van der Waals surface area contributed by atoms with Crippen molar-refractivity contribution in [3.8, 4) is 11.4 Å². The number of hydrogen-bond acceptors (Lipinski definition) is 3. The summed E-state index contributed by atoms with van der Waals surface area (Å²) < 4.78 is 16.9. The third-order valence-electron chi connectivity index (χ3n) is 3.53. The summed E-state index contributed by atoms with van der Waals surface area (Å²) in [7, 11) is 0. The van der Waals surface area contributed by atoms with Gasteiger partial charge in [-0.3, -0.25) is 0 Å². The van der Waals surface area contributed by atoms with Crippen molar-refractivity contribution in [1.29, 1.82) is 0 Å². The van der Waals surface area contributed by atoms with Gasteiger partial charge in [0.1, 0.15) is 18.0 Å². The van der Waals surface area contributed by atoms with Crippen molar-refractivity contribution in [2.75, 3.05) is 0 Å². The quantitative estimate of drug-likeness (QED) is 0.583. The van der Waals surface area contributed by atoms with E-state index in [2.05, 4.69) is 15.1 Å². The van der Waals surface area contributed by atoms with E-state index in [0.717, 1.165) is 22.7 Å². The lowest BCUT2D eigenvalue weighted by Crippen LogP contribution is -2.06. The summed E-state index contributed by atoms with van der Waals surface area (Å²) in [5, 5.41) is 4.24. The highest BCUT2D eigenvalue weighted by molar-refractivity contribution is 5.55. The molecule has 5 nitrogen and oxygen atoms in total. The number of fused-ring (bicyclic) bond motifs is 1. The minimum Gasteiger partial charge on any atom is -0.325 e. The lowest BCUT2D eigenvalue weighted by molar-refractivity contribution is 0.628. The van der Waals surface area contributed by atoms with E-state index in [-0.39, 0.29) is 5.82 Å². The van der Waals surface area contributed by atoms with Crippen molar-refractivity contribution in [2.24, 2.45) is 0 Å². The highest BCUT2D eigenvalue weighted by Gasteiger charge is 2.09. The van der Waals surface area contributed by atoms with Gasteiger partial charge in [0, 0.05) is 18.0 Å². The highest BCUT2D eigenvalue weighted by atomic mass is 19.1. The van der Waals surface area contributed by atoms with E-state index >= 15 is 0 Å². The van der Waals surface area contributed by atoms with Crippen LogP contribution >= 0.6 is 0 Å². The number of aromatic nitrogens is 5. The summed E-state index contributed by atoms with van der Waals surface area (Å²) in [6.45, 7) is 0.605. The highest BCUT2D eigenvalue weighted by Crippen LogP contribution is 2.19. The Kier molecular flexibility index (Phi) is 2.93. The minimum absolute atomic E-state index is 0.255. The summed E-state index contributed by atoms with van der Waals surface area (Å²) >= 11 is 0. The molecule has 1 aromatic carbocycles. The summed E-state index contributed by atoms with van der Waals surface area (Å²) in [6.07, 6.45) is 5.17. The third-order valence-corrected chi connectivity index (χ3v) is 3.53. The number of imidazole rings is 1. The van der Waals surface area contributed by atoms with E-state index in [4.69, 9.17) is 0 Å². The maximum atomic E-state index is 13.1. The van der Waals surface area contributed by atoms with Gasteiger partial charge in [0.05, 0.1) is 12.2 Å². The zero-order valence-electron chi connectivity index (χ0n) is 11.6. The standard InChI is InChI=1S/C16H12FN5/c17-13-6-4-12(5-7-13)16-18-8-9-21(16)10-14-2-1-3-15-19-11-20-22(14)15/h1-9,11H,10H2. The summed E-state index contributed by atoms with van der Waals surface area (Å²) in [5.74, 6) is 0.534. The molecule has 4 rings (SSSR count). The van der Waals surface area contributed by atoms with Crippen LogP contribution in [0.5, 0.6) is 0 Å². The first-order chi connectivity index (χ1) is 10.8. The van der Waals surface area contributed by atoms with Gasteiger partial charge >= 0.3 is 0 Å². The molecule has 0 amide bonds. The minimum atomic E-state index is -0.255. The maximum absolute atomic E-state index is 13.1. The van der Waals surface area contributed by atoms with Crippen molar-refractivity contribution in [2.45, 2.75) is 6.54 Å². The molecule has 0 radical (unpaired) electrons. The van der Waals surface area contributed by atoms with Crippen molar-refractivity contribution >= 4 is 5.65 Å². The zero-order valence-corrected chi connectivity index (χ0v) is 11.6. The van der Waals surface area contributed by atoms with E-state index in [1.54, 1.807) is 22.8 Å². The Hall–Kier alpha value is -3.02. The van der Waals surface area contributed by atoms with Crippen LogP contribution in [0.25, 0.3) is 17.0 Å². The third kappa shape index (κ3) is 2.14. The second kappa shape index (κ2) is 5.07. The molecule has 0 atom stereocenters. The largest absolute Gasteiger partial charge is 0.325 e. The van der Waals surface area contributed by atoms with E-state index in [1.807, 2.05) is 29.0 Å². The Bertz CT molecular complexity index is 923. The van der Waals surface area contributed by atoms with Crippen molar-refractivity contribution in [1.82, 2.24) is 24.1 Å². The predicted octanol–water partition coefficient (Wildman–Crippen LogP) is 2.78. The second-order valence-corrected chi connectivity index (χ2v) is 4.93. The molecule has 0 unspecified atom stereocenters. The van der Waals surface area contributed by atoms with Crippen molar-refractivity contribution in [3.05, 3.63) is 72.7 Å². The molecule has 4 aromatic rings. The average Bonchev–Trinajstić information content (AvgIpc) is 3.17. The van der Waals surface area contributed by atoms with Crippen molar-refractivity contribution in [3.63, 3.8) is 0 Å². The maximum Gasteiger partial charge on any atom is 0.155 e. The predicted molar refractivity (Wildman–Crippen MR) is 79.7 cm³/mol. The molecule has 0 bridgehead atoms. The Morgan fingerprint density at radius 3 is 2.73 bits per heavy atom. The fourth-order valence-corrected chi connectivity index (χ4v) is 2.49. The van der Waals surface area contributed by atoms with Crippen LogP contribution in [-0.2, 0) is 6.54 Å². The van der Waals surface area contributed by atoms with Gasteiger partial charge in [-0.05, 0) is 36.4 Å². The van der Waals surface area contributed by atoms with E-state index in [1.165, 1.54) is 18.5 Å². The van der Waals surface area contributed by atoms with Gasteiger partial charge in [-0.15, -0.1) is 0 Å². The summed E-state index contributed by atoms with van der Waals surface area (Å²) in [4.78, 5) is 8.56. The van der Waals surface area contributed by atoms with Crippen LogP contribution in [-0.4, -0.2) is 24.1 Å². The lowest BCUT2D eigenvalue weighted by Gasteiger charge is -2.09. The van der Waals surface area contributed by atoms with Gasteiger partial charge in [0.25, 0.3) is 0 Å². The molecule has 108 valence electrons. The van der Waals surface area contributed by atoms with Crippen LogP contribution in [0, 0.1) is 5.82 Å².